The van der Waals surface area contributed by atoms with Crippen LogP contribution in [0.1, 0.15) is 48.0 Å². The van der Waals surface area contributed by atoms with Gasteiger partial charge >= 0.3 is 5.97 Å². The molecule has 9 heteroatoms. The molecule has 0 amide bonds. The Morgan fingerprint density at radius 1 is 1.22 bits per heavy atom. The first-order valence-corrected chi connectivity index (χ1v) is 14.0. The van der Waals surface area contributed by atoms with Gasteiger partial charge in [-0.3, -0.25) is 4.18 Å². The van der Waals surface area contributed by atoms with E-state index in [1.807, 2.05) is 13.8 Å². The van der Waals surface area contributed by atoms with Gasteiger partial charge in [0, 0.05) is 16.9 Å². The third-order valence-electron chi connectivity index (χ3n) is 4.88. The Morgan fingerprint density at radius 3 is 2.15 bits per heavy atom. The van der Waals surface area contributed by atoms with E-state index < -0.39 is 35.9 Å². The number of hydrogen-bond donors (Lipinski definition) is 1. The van der Waals surface area contributed by atoms with Gasteiger partial charge in [-0.05, 0) is 37.6 Å². The monoisotopic (exact) mass is 442 g/mol. The lowest BCUT2D eigenvalue weighted by atomic mass is 9.86. The topological polar surface area (TPSA) is 89.9 Å². The minimum atomic E-state index is -3.69. The van der Waals surface area contributed by atoms with Crippen molar-refractivity contribution in [1.29, 1.82) is 0 Å². The molecule has 1 N–H and O–H groups in total. The maximum atomic E-state index is 12.0. The fraction of sp³-hybridized carbons (Fsp3) is 0.833. The normalized spacial score (nSPS) is 15.7. The molecule has 0 fully saturated rings. The van der Waals surface area contributed by atoms with Crippen LogP contribution in [-0.2, 0) is 23.5 Å². The predicted octanol–water partition coefficient (Wildman–Crippen LogP) is 4.41. The summed E-state index contributed by atoms with van der Waals surface area (Å²) >= 11 is 5.55. The van der Waals surface area contributed by atoms with Crippen molar-refractivity contribution in [1.82, 2.24) is 0 Å². The molecule has 0 radical (unpaired) electrons. The molecular formula is C18H35ClO6SSi. The molecule has 0 heterocycles. The van der Waals surface area contributed by atoms with E-state index in [1.165, 1.54) is 6.92 Å². The first-order valence-electron chi connectivity index (χ1n) is 8.98. The van der Waals surface area contributed by atoms with Gasteiger partial charge in [0.15, 0.2) is 8.32 Å². The van der Waals surface area contributed by atoms with E-state index >= 15 is 0 Å². The summed E-state index contributed by atoms with van der Waals surface area (Å²) in [5, 5.41) is 9.18. The van der Waals surface area contributed by atoms with E-state index in [0.29, 0.717) is 6.42 Å². The number of carboxylic acid groups (broad SMARTS) is 1. The van der Waals surface area contributed by atoms with Crippen LogP contribution in [0.4, 0.5) is 0 Å². The summed E-state index contributed by atoms with van der Waals surface area (Å²) in [5.74, 6) is -0.946. The maximum Gasteiger partial charge on any atom is 0.331 e. The predicted molar refractivity (Wildman–Crippen MR) is 112 cm³/mol. The average molecular weight is 443 g/mol. The smallest absolute Gasteiger partial charge is 0.331 e. The molecule has 0 aliphatic heterocycles. The largest absolute Gasteiger partial charge is 0.478 e. The summed E-state index contributed by atoms with van der Waals surface area (Å²) < 4.78 is 35.7. The molecule has 1 atom stereocenters. The van der Waals surface area contributed by atoms with Gasteiger partial charge in [-0.1, -0.05) is 34.6 Å². The third kappa shape index (κ3) is 9.08. The van der Waals surface area contributed by atoms with Crippen molar-refractivity contribution >= 4 is 36.0 Å². The van der Waals surface area contributed by atoms with Gasteiger partial charge in [0.1, 0.15) is 0 Å². The van der Waals surface area contributed by atoms with Crippen molar-refractivity contribution in [3.05, 3.63) is 11.6 Å². The molecule has 0 rings (SSSR count). The van der Waals surface area contributed by atoms with Gasteiger partial charge < -0.3 is 9.53 Å². The van der Waals surface area contributed by atoms with Crippen LogP contribution in [-0.4, -0.2) is 52.2 Å². The highest BCUT2D eigenvalue weighted by molar-refractivity contribution is 7.86. The zero-order chi connectivity index (χ0) is 21.7. The van der Waals surface area contributed by atoms with E-state index in [0.717, 1.165) is 0 Å². The molecule has 6 nitrogen and oxygen atoms in total. The molecule has 0 bridgehead atoms. The molecule has 0 aromatic rings. The lowest BCUT2D eigenvalue weighted by Gasteiger charge is -2.43. The number of halogens is 1. The second-order valence-electron chi connectivity index (χ2n) is 9.01. The van der Waals surface area contributed by atoms with Crippen LogP contribution in [0.2, 0.25) is 18.1 Å². The zero-order valence-corrected chi connectivity index (χ0v) is 20.3. The number of carbonyl (C=O) groups is 1. The van der Waals surface area contributed by atoms with Gasteiger partial charge in [0.05, 0.1) is 18.5 Å². The Bertz CT molecular complexity index is 635. The molecule has 0 saturated heterocycles. The molecular weight excluding hydrogens is 408 g/mol. The molecule has 160 valence electrons. The Balaban J connectivity index is 5.64. The molecule has 0 aromatic carbocycles. The van der Waals surface area contributed by atoms with E-state index in [9.17, 15) is 18.3 Å². The molecule has 0 aliphatic rings. The van der Waals surface area contributed by atoms with E-state index in [1.54, 1.807) is 6.08 Å². The molecule has 0 spiro atoms. The second kappa shape index (κ2) is 9.87. The van der Waals surface area contributed by atoms with Crippen molar-refractivity contribution in [2.75, 3.05) is 18.2 Å². The van der Waals surface area contributed by atoms with Crippen molar-refractivity contribution in [3.63, 3.8) is 0 Å². The van der Waals surface area contributed by atoms with Crippen molar-refractivity contribution in [2.24, 2.45) is 5.41 Å². The van der Waals surface area contributed by atoms with Crippen LogP contribution in [0, 0.1) is 5.41 Å². The van der Waals surface area contributed by atoms with Crippen LogP contribution in [0.25, 0.3) is 0 Å². The Labute approximate surface area is 170 Å². The SMILES string of the molecule is CC(=C[C@H](O[Si](C)(C)C(C)(C)C)C(C)(C)COS(=O)(=O)CCCCl)C(=O)O. The van der Waals surface area contributed by atoms with Gasteiger partial charge in [-0.15, -0.1) is 11.6 Å². The highest BCUT2D eigenvalue weighted by Crippen LogP contribution is 2.40. The van der Waals surface area contributed by atoms with Gasteiger partial charge in [0.2, 0.25) is 0 Å². The van der Waals surface area contributed by atoms with Crippen LogP contribution in [0.15, 0.2) is 11.6 Å². The number of hydrogen-bond acceptors (Lipinski definition) is 5. The maximum absolute atomic E-state index is 12.0. The number of alkyl halides is 1. The zero-order valence-electron chi connectivity index (χ0n) is 17.8. The van der Waals surface area contributed by atoms with Crippen LogP contribution in [0.5, 0.6) is 0 Å². The van der Waals surface area contributed by atoms with Crippen LogP contribution >= 0.6 is 11.6 Å². The fourth-order valence-electron chi connectivity index (χ4n) is 1.83. The van der Waals surface area contributed by atoms with Crippen LogP contribution in [0.3, 0.4) is 0 Å². The summed E-state index contributed by atoms with van der Waals surface area (Å²) in [7, 11) is -5.93. The standard InChI is InChI=1S/C18H35ClO6SSi/c1-14(16(20)21)12-15(25-27(7,8)17(2,3)4)18(5,6)13-24-26(22,23)11-9-10-19/h12,15H,9-11,13H2,1-8H3,(H,20,21)/t15-/m0/s1. The lowest BCUT2D eigenvalue weighted by Crippen LogP contribution is -2.48. The van der Waals surface area contributed by atoms with Crippen molar-refractivity contribution in [2.45, 2.75) is 72.2 Å². The number of rotatable bonds is 11. The quantitative estimate of drug-likeness (QED) is 0.220. The first kappa shape index (κ1) is 26.6. The van der Waals surface area contributed by atoms with Crippen molar-refractivity contribution < 1.29 is 26.9 Å². The third-order valence-corrected chi connectivity index (χ3v) is 10.9. The Hall–Kier alpha value is -0.413. The summed E-state index contributed by atoms with van der Waals surface area (Å²) in [6.45, 7) is 15.4. The summed E-state index contributed by atoms with van der Waals surface area (Å²) in [6.07, 6.45) is 1.27. The second-order valence-corrected chi connectivity index (χ2v) is 15.9. The average Bonchev–Trinajstić information content (AvgIpc) is 2.49. The highest BCUT2D eigenvalue weighted by Gasteiger charge is 2.43. The summed E-state index contributed by atoms with van der Waals surface area (Å²) in [6, 6.07) is 0. The first-order chi connectivity index (χ1) is 12.0. The number of aliphatic carboxylic acids is 1. The highest BCUT2D eigenvalue weighted by atomic mass is 35.5. The summed E-state index contributed by atoms with van der Waals surface area (Å²) in [4.78, 5) is 11.3. The minimum absolute atomic E-state index is 0.0838. The van der Waals surface area contributed by atoms with E-state index in [2.05, 4.69) is 33.9 Å². The lowest BCUT2D eigenvalue weighted by molar-refractivity contribution is -0.132. The number of carboxylic acids is 1. The molecule has 0 saturated carbocycles. The Morgan fingerprint density at radius 2 is 1.74 bits per heavy atom. The van der Waals surface area contributed by atoms with Gasteiger partial charge in [-0.25, -0.2) is 4.79 Å². The molecule has 0 aromatic heterocycles. The Kier molecular flexibility index (Phi) is 9.72. The van der Waals surface area contributed by atoms with Gasteiger partial charge in [0.25, 0.3) is 10.1 Å². The molecule has 0 unspecified atom stereocenters. The minimum Gasteiger partial charge on any atom is -0.478 e. The van der Waals surface area contributed by atoms with E-state index in [-0.39, 0.29) is 28.9 Å². The van der Waals surface area contributed by atoms with Crippen molar-refractivity contribution in [3.8, 4) is 0 Å². The van der Waals surface area contributed by atoms with Gasteiger partial charge in [-0.2, -0.15) is 8.42 Å². The summed E-state index contributed by atoms with van der Waals surface area (Å²) in [5.41, 5.74) is -0.600. The fourth-order valence-corrected chi connectivity index (χ4v) is 4.59. The molecule has 0 aliphatic carbocycles. The van der Waals surface area contributed by atoms with E-state index in [4.69, 9.17) is 20.2 Å². The molecule has 27 heavy (non-hydrogen) atoms. The van der Waals surface area contributed by atoms with Crippen LogP contribution < -0.4 is 0 Å².